The van der Waals surface area contributed by atoms with Crippen LogP contribution in [0, 0.1) is 12.8 Å². The summed E-state index contributed by atoms with van der Waals surface area (Å²) in [4.78, 5) is 15.8. The quantitative estimate of drug-likeness (QED) is 0.735. The monoisotopic (exact) mass is 191 g/mol. The molecule has 0 aromatic carbocycles. The number of pyridine rings is 1. The first-order valence-corrected chi connectivity index (χ1v) is 4.96. The molecule has 14 heavy (non-hydrogen) atoms. The normalized spacial score (nSPS) is 12.9. The van der Waals surface area contributed by atoms with Crippen LogP contribution in [0.1, 0.15) is 37.9 Å². The van der Waals surface area contributed by atoms with Crippen molar-refractivity contribution in [2.24, 2.45) is 5.92 Å². The van der Waals surface area contributed by atoms with Crippen molar-refractivity contribution in [1.82, 2.24) is 4.98 Å². The van der Waals surface area contributed by atoms with Crippen LogP contribution in [-0.4, -0.2) is 10.8 Å². The lowest BCUT2D eigenvalue weighted by Gasteiger charge is -2.18. The van der Waals surface area contributed by atoms with Gasteiger partial charge in [0.25, 0.3) is 0 Å². The van der Waals surface area contributed by atoms with E-state index in [9.17, 15) is 4.79 Å². The van der Waals surface area contributed by atoms with E-state index in [-0.39, 0.29) is 11.7 Å². The van der Waals surface area contributed by atoms with Gasteiger partial charge in [-0.15, -0.1) is 0 Å². The number of hydrogen-bond acceptors (Lipinski definition) is 2. The first-order valence-electron chi connectivity index (χ1n) is 4.96. The van der Waals surface area contributed by atoms with E-state index in [0.29, 0.717) is 5.92 Å². The van der Waals surface area contributed by atoms with Crippen molar-refractivity contribution in [2.75, 3.05) is 0 Å². The van der Waals surface area contributed by atoms with Gasteiger partial charge in [0.15, 0.2) is 0 Å². The maximum absolute atomic E-state index is 11.5. The van der Waals surface area contributed by atoms with Gasteiger partial charge >= 0.3 is 0 Å². The number of aryl methyl sites for hydroxylation is 1. The molecule has 0 amide bonds. The Balaban J connectivity index is 3.12. The zero-order chi connectivity index (χ0) is 10.7. The van der Waals surface area contributed by atoms with Crippen molar-refractivity contribution in [3.8, 4) is 0 Å². The molecule has 1 aromatic heterocycles. The van der Waals surface area contributed by atoms with E-state index in [4.69, 9.17) is 0 Å². The number of carbonyl (C=O) groups excluding carboxylic acids is 1. The van der Waals surface area contributed by atoms with Crippen LogP contribution < -0.4 is 0 Å². The van der Waals surface area contributed by atoms with Gasteiger partial charge in [0.2, 0.25) is 0 Å². The highest BCUT2D eigenvalue weighted by Gasteiger charge is 2.23. The Kier molecular flexibility index (Phi) is 3.39. The van der Waals surface area contributed by atoms with Gasteiger partial charge in [-0.2, -0.15) is 0 Å². The van der Waals surface area contributed by atoms with E-state index in [0.717, 1.165) is 11.3 Å². The third kappa shape index (κ3) is 2.19. The van der Waals surface area contributed by atoms with E-state index in [1.165, 1.54) is 0 Å². The zero-order valence-electron chi connectivity index (χ0n) is 9.24. The minimum absolute atomic E-state index is 0.0591. The molecule has 1 atom stereocenters. The fraction of sp³-hybridized carbons (Fsp3) is 0.500. The van der Waals surface area contributed by atoms with Crippen molar-refractivity contribution in [3.05, 3.63) is 29.6 Å². The van der Waals surface area contributed by atoms with E-state index in [2.05, 4.69) is 18.8 Å². The molecule has 0 bridgehead atoms. The van der Waals surface area contributed by atoms with Gasteiger partial charge in [0.05, 0.1) is 11.6 Å². The Morgan fingerprint density at radius 3 is 2.50 bits per heavy atom. The number of hydrogen-bond donors (Lipinski definition) is 0. The summed E-state index contributed by atoms with van der Waals surface area (Å²) in [6, 6.07) is 3.90. The van der Waals surface area contributed by atoms with Crippen molar-refractivity contribution in [2.45, 2.75) is 33.6 Å². The molecule has 0 N–H and O–H groups in total. The van der Waals surface area contributed by atoms with Crippen LogP contribution in [0.25, 0.3) is 0 Å². The molecule has 76 valence electrons. The lowest BCUT2D eigenvalue weighted by Crippen LogP contribution is -2.17. The first-order chi connectivity index (χ1) is 6.54. The summed E-state index contributed by atoms with van der Waals surface area (Å²) >= 11 is 0. The van der Waals surface area contributed by atoms with Crippen molar-refractivity contribution in [1.29, 1.82) is 0 Å². The first kappa shape index (κ1) is 10.9. The van der Waals surface area contributed by atoms with Crippen LogP contribution >= 0.6 is 0 Å². The number of nitrogens with zero attached hydrogens (tertiary/aromatic N) is 1. The molecule has 1 aromatic rings. The lowest BCUT2D eigenvalue weighted by atomic mass is 9.87. The largest absolute Gasteiger partial charge is 0.299 e. The topological polar surface area (TPSA) is 30.0 Å². The summed E-state index contributed by atoms with van der Waals surface area (Å²) in [6.07, 6.45) is 1.75. The molecule has 0 spiro atoms. The van der Waals surface area contributed by atoms with Crippen molar-refractivity contribution >= 4 is 5.78 Å². The molecular formula is C12H17NO. The Hall–Kier alpha value is -1.18. The summed E-state index contributed by atoms with van der Waals surface area (Å²) in [5.41, 5.74) is 2.02. The highest BCUT2D eigenvalue weighted by molar-refractivity contribution is 5.83. The number of ketones is 1. The summed E-state index contributed by atoms with van der Waals surface area (Å²) in [6.45, 7) is 7.75. The summed E-state index contributed by atoms with van der Waals surface area (Å²) < 4.78 is 0. The van der Waals surface area contributed by atoms with Crippen LogP contribution in [0.2, 0.25) is 0 Å². The average molecular weight is 191 g/mol. The number of rotatable bonds is 3. The molecule has 1 rings (SSSR count). The SMILES string of the molecule is CC(=O)C(c1ncccc1C)C(C)C. The van der Waals surface area contributed by atoms with Gasteiger partial charge in [0, 0.05) is 6.20 Å². The predicted molar refractivity (Wildman–Crippen MR) is 57.2 cm³/mol. The molecule has 2 heteroatoms. The maximum Gasteiger partial charge on any atom is 0.139 e. The van der Waals surface area contributed by atoms with Gasteiger partial charge in [-0.05, 0) is 31.4 Å². The number of carbonyl (C=O) groups is 1. The fourth-order valence-electron chi connectivity index (χ4n) is 1.80. The molecule has 1 heterocycles. The minimum atomic E-state index is -0.0591. The van der Waals surface area contributed by atoms with Crippen LogP contribution in [0.3, 0.4) is 0 Å². The molecule has 1 unspecified atom stereocenters. The molecule has 0 aliphatic heterocycles. The Labute approximate surface area is 85.4 Å². The van der Waals surface area contributed by atoms with Crippen LogP contribution in [-0.2, 0) is 4.79 Å². The van der Waals surface area contributed by atoms with Gasteiger partial charge in [0.1, 0.15) is 5.78 Å². The third-order valence-electron chi connectivity index (χ3n) is 2.45. The average Bonchev–Trinajstić information content (AvgIpc) is 2.07. The van der Waals surface area contributed by atoms with Crippen molar-refractivity contribution < 1.29 is 4.79 Å². The summed E-state index contributed by atoms with van der Waals surface area (Å²) in [7, 11) is 0. The minimum Gasteiger partial charge on any atom is -0.299 e. The molecule has 0 aliphatic carbocycles. The molecule has 0 radical (unpaired) electrons. The van der Waals surface area contributed by atoms with Gasteiger partial charge in [-0.3, -0.25) is 9.78 Å². The highest BCUT2D eigenvalue weighted by Crippen LogP contribution is 2.25. The van der Waals surface area contributed by atoms with Gasteiger partial charge < -0.3 is 0 Å². The third-order valence-corrected chi connectivity index (χ3v) is 2.45. The molecular weight excluding hydrogens is 174 g/mol. The van der Waals surface area contributed by atoms with E-state index in [1.54, 1.807) is 13.1 Å². The van der Waals surface area contributed by atoms with Gasteiger partial charge in [-0.25, -0.2) is 0 Å². The Morgan fingerprint density at radius 2 is 2.07 bits per heavy atom. The van der Waals surface area contributed by atoms with Crippen LogP contribution in [0.4, 0.5) is 0 Å². The maximum atomic E-state index is 11.5. The molecule has 0 saturated heterocycles. The van der Waals surface area contributed by atoms with E-state index >= 15 is 0 Å². The zero-order valence-corrected chi connectivity index (χ0v) is 9.24. The smallest absolute Gasteiger partial charge is 0.139 e. The van der Waals surface area contributed by atoms with Crippen LogP contribution in [0.5, 0.6) is 0 Å². The second kappa shape index (κ2) is 4.36. The molecule has 2 nitrogen and oxygen atoms in total. The highest BCUT2D eigenvalue weighted by atomic mass is 16.1. The predicted octanol–water partition coefficient (Wildman–Crippen LogP) is 2.72. The fourth-order valence-corrected chi connectivity index (χ4v) is 1.80. The molecule has 0 fully saturated rings. The summed E-state index contributed by atoms with van der Waals surface area (Å²) in [5, 5.41) is 0. The molecule has 0 saturated carbocycles. The Bertz CT molecular complexity index is 331. The van der Waals surface area contributed by atoms with Crippen LogP contribution in [0.15, 0.2) is 18.3 Å². The standard InChI is InChI=1S/C12H17NO/c1-8(2)11(10(4)14)12-9(3)6-5-7-13-12/h5-8,11H,1-4H3. The number of aromatic nitrogens is 1. The summed E-state index contributed by atoms with van der Waals surface area (Å²) in [5.74, 6) is 0.444. The van der Waals surface area contributed by atoms with E-state index < -0.39 is 0 Å². The Morgan fingerprint density at radius 1 is 1.43 bits per heavy atom. The van der Waals surface area contributed by atoms with Gasteiger partial charge in [-0.1, -0.05) is 19.9 Å². The second-order valence-electron chi connectivity index (χ2n) is 4.04. The lowest BCUT2D eigenvalue weighted by molar-refractivity contribution is -0.119. The van der Waals surface area contributed by atoms with E-state index in [1.807, 2.05) is 19.1 Å². The second-order valence-corrected chi connectivity index (χ2v) is 4.04. The van der Waals surface area contributed by atoms with Crippen molar-refractivity contribution in [3.63, 3.8) is 0 Å². The molecule has 0 aliphatic rings. The number of Topliss-reactive ketones (excluding diaryl/α,β-unsaturated/α-hetero) is 1.